The molecule has 0 aromatic heterocycles. The van der Waals surface area contributed by atoms with E-state index in [2.05, 4.69) is 34.3 Å². The molecule has 27 heavy (non-hydrogen) atoms. The standard InChI is InChI=1S/C22H26FN3O/c1-25-13-15-26(16-14-25)20-9-7-19(8-10-20)24-21(27)22(11-2-12-22)17-3-5-18(23)6-4-17/h3-10H,2,11-16H2,1H3,(H,24,27). The largest absolute Gasteiger partial charge is 0.369 e. The van der Waals surface area contributed by atoms with Crippen molar-refractivity contribution in [3.8, 4) is 0 Å². The quantitative estimate of drug-likeness (QED) is 0.896. The molecule has 1 N–H and O–H groups in total. The maximum absolute atomic E-state index is 13.3. The van der Waals surface area contributed by atoms with Gasteiger partial charge in [-0.3, -0.25) is 4.79 Å². The molecule has 0 bridgehead atoms. The van der Waals surface area contributed by atoms with Crippen LogP contribution in [0.4, 0.5) is 15.8 Å². The second-order valence-corrected chi connectivity index (χ2v) is 7.73. The molecule has 0 unspecified atom stereocenters. The maximum Gasteiger partial charge on any atom is 0.235 e. The van der Waals surface area contributed by atoms with Crippen molar-refractivity contribution in [2.24, 2.45) is 0 Å². The van der Waals surface area contributed by atoms with E-state index in [1.807, 2.05) is 12.1 Å². The van der Waals surface area contributed by atoms with Crippen molar-refractivity contribution >= 4 is 17.3 Å². The van der Waals surface area contributed by atoms with Gasteiger partial charge >= 0.3 is 0 Å². The highest BCUT2D eigenvalue weighted by Gasteiger charge is 2.45. The predicted molar refractivity (Wildman–Crippen MR) is 107 cm³/mol. The number of nitrogens with one attached hydrogen (secondary N) is 1. The second-order valence-electron chi connectivity index (χ2n) is 7.73. The maximum atomic E-state index is 13.3. The highest BCUT2D eigenvalue weighted by atomic mass is 19.1. The number of halogens is 1. The molecule has 0 spiro atoms. The summed E-state index contributed by atoms with van der Waals surface area (Å²) in [5, 5.41) is 3.08. The van der Waals surface area contributed by atoms with Gasteiger partial charge in [0.2, 0.25) is 5.91 Å². The van der Waals surface area contributed by atoms with Crippen LogP contribution in [0.15, 0.2) is 48.5 Å². The summed E-state index contributed by atoms with van der Waals surface area (Å²) in [7, 11) is 2.15. The van der Waals surface area contributed by atoms with Gasteiger partial charge in [0.1, 0.15) is 5.82 Å². The van der Waals surface area contributed by atoms with Crippen molar-refractivity contribution in [1.29, 1.82) is 0 Å². The predicted octanol–water partition coefficient (Wildman–Crippen LogP) is 3.64. The lowest BCUT2D eigenvalue weighted by molar-refractivity contribution is -0.124. The summed E-state index contributed by atoms with van der Waals surface area (Å²) in [5.74, 6) is -0.263. The minimum absolute atomic E-state index is 0.00713. The van der Waals surface area contributed by atoms with Crippen molar-refractivity contribution in [1.82, 2.24) is 4.90 Å². The molecule has 4 rings (SSSR count). The Hall–Kier alpha value is -2.40. The molecule has 0 atom stereocenters. The van der Waals surface area contributed by atoms with Gasteiger partial charge in [0.05, 0.1) is 5.41 Å². The molecule has 142 valence electrons. The Labute approximate surface area is 160 Å². The monoisotopic (exact) mass is 367 g/mol. The molecule has 1 amide bonds. The van der Waals surface area contributed by atoms with Gasteiger partial charge in [0.15, 0.2) is 0 Å². The van der Waals surface area contributed by atoms with Crippen LogP contribution >= 0.6 is 0 Å². The summed E-state index contributed by atoms with van der Waals surface area (Å²) >= 11 is 0. The van der Waals surface area contributed by atoms with E-state index >= 15 is 0 Å². The Kier molecular flexibility index (Phi) is 4.87. The lowest BCUT2D eigenvalue weighted by atomic mass is 9.64. The fourth-order valence-corrected chi connectivity index (χ4v) is 4.02. The summed E-state index contributed by atoms with van der Waals surface area (Å²) in [6.07, 6.45) is 2.64. The first-order valence-corrected chi connectivity index (χ1v) is 9.68. The minimum atomic E-state index is -0.524. The molecule has 1 saturated carbocycles. The molecule has 1 heterocycles. The molecule has 2 fully saturated rings. The van der Waals surface area contributed by atoms with E-state index < -0.39 is 5.41 Å². The number of carbonyl (C=O) groups is 1. The van der Waals surface area contributed by atoms with Crippen LogP contribution < -0.4 is 10.2 Å². The summed E-state index contributed by atoms with van der Waals surface area (Å²) in [6.45, 7) is 4.18. The van der Waals surface area contributed by atoms with Crippen molar-refractivity contribution in [2.45, 2.75) is 24.7 Å². The third kappa shape index (κ3) is 3.56. The van der Waals surface area contributed by atoms with E-state index in [9.17, 15) is 9.18 Å². The van der Waals surface area contributed by atoms with Gasteiger partial charge in [-0.1, -0.05) is 18.6 Å². The molecule has 2 aliphatic rings. The average Bonchev–Trinajstić information content (AvgIpc) is 2.64. The Bertz CT molecular complexity index is 791. The number of carbonyl (C=O) groups excluding carboxylic acids is 1. The fourth-order valence-electron chi connectivity index (χ4n) is 4.02. The molecule has 1 aliphatic heterocycles. The normalized spacial score (nSPS) is 19.4. The van der Waals surface area contributed by atoms with Crippen LogP contribution in [-0.4, -0.2) is 44.0 Å². The van der Waals surface area contributed by atoms with Gasteiger partial charge in [0, 0.05) is 37.6 Å². The van der Waals surface area contributed by atoms with Crippen LogP contribution in [-0.2, 0) is 10.2 Å². The Morgan fingerprint density at radius 2 is 1.59 bits per heavy atom. The molecule has 1 saturated heterocycles. The lowest BCUT2D eigenvalue weighted by Crippen LogP contribution is -2.46. The van der Waals surface area contributed by atoms with Gasteiger partial charge in [-0.15, -0.1) is 0 Å². The van der Waals surface area contributed by atoms with E-state index in [1.54, 1.807) is 12.1 Å². The Morgan fingerprint density at radius 1 is 0.963 bits per heavy atom. The van der Waals surface area contributed by atoms with Crippen LogP contribution in [0.25, 0.3) is 0 Å². The molecule has 5 heteroatoms. The van der Waals surface area contributed by atoms with Gasteiger partial charge in [0.25, 0.3) is 0 Å². The van der Waals surface area contributed by atoms with Crippen molar-refractivity contribution in [3.05, 3.63) is 59.9 Å². The van der Waals surface area contributed by atoms with Crippen LogP contribution in [0, 0.1) is 5.82 Å². The Morgan fingerprint density at radius 3 is 2.15 bits per heavy atom. The number of likely N-dealkylation sites (N-methyl/N-ethyl adjacent to an activating group) is 1. The van der Waals surface area contributed by atoms with E-state index in [1.165, 1.54) is 17.8 Å². The highest BCUT2D eigenvalue weighted by molar-refractivity contribution is 6.00. The summed E-state index contributed by atoms with van der Waals surface area (Å²) in [4.78, 5) is 17.7. The summed E-state index contributed by atoms with van der Waals surface area (Å²) in [5.41, 5.74) is 2.38. The molecule has 2 aromatic carbocycles. The zero-order valence-corrected chi connectivity index (χ0v) is 15.7. The third-order valence-corrected chi connectivity index (χ3v) is 6.03. The molecule has 1 aliphatic carbocycles. The number of benzene rings is 2. The van der Waals surface area contributed by atoms with Crippen molar-refractivity contribution in [2.75, 3.05) is 43.4 Å². The first-order valence-electron chi connectivity index (χ1n) is 9.68. The number of anilines is 2. The SMILES string of the molecule is CN1CCN(c2ccc(NC(=O)C3(c4ccc(F)cc4)CCC3)cc2)CC1. The zero-order chi connectivity index (χ0) is 18.9. The molecular weight excluding hydrogens is 341 g/mol. The van der Waals surface area contributed by atoms with Gasteiger partial charge in [-0.2, -0.15) is 0 Å². The van der Waals surface area contributed by atoms with E-state index in [-0.39, 0.29) is 11.7 Å². The number of amides is 1. The number of rotatable bonds is 4. The third-order valence-electron chi connectivity index (χ3n) is 6.03. The number of hydrogen-bond donors (Lipinski definition) is 1. The van der Waals surface area contributed by atoms with Crippen LogP contribution in [0.2, 0.25) is 0 Å². The number of nitrogens with zero attached hydrogens (tertiary/aromatic N) is 2. The first-order chi connectivity index (χ1) is 13.1. The Balaban J connectivity index is 1.45. The summed E-state index contributed by atoms with van der Waals surface area (Å²) in [6, 6.07) is 14.5. The number of hydrogen-bond acceptors (Lipinski definition) is 3. The smallest absolute Gasteiger partial charge is 0.235 e. The molecule has 0 radical (unpaired) electrons. The number of piperazine rings is 1. The van der Waals surface area contributed by atoms with Crippen molar-refractivity contribution in [3.63, 3.8) is 0 Å². The zero-order valence-electron chi connectivity index (χ0n) is 15.7. The van der Waals surface area contributed by atoms with E-state index in [4.69, 9.17) is 0 Å². The highest BCUT2D eigenvalue weighted by Crippen LogP contribution is 2.44. The van der Waals surface area contributed by atoms with E-state index in [0.717, 1.165) is 56.7 Å². The average molecular weight is 367 g/mol. The first kappa shape index (κ1) is 18.0. The van der Waals surface area contributed by atoms with Gasteiger partial charge in [-0.05, 0) is 61.9 Å². The topological polar surface area (TPSA) is 35.6 Å². The molecule has 4 nitrogen and oxygen atoms in total. The molecule has 2 aromatic rings. The van der Waals surface area contributed by atoms with Crippen LogP contribution in [0.1, 0.15) is 24.8 Å². The van der Waals surface area contributed by atoms with Crippen molar-refractivity contribution < 1.29 is 9.18 Å². The van der Waals surface area contributed by atoms with E-state index in [0.29, 0.717) is 0 Å². The molecular formula is C22H26FN3O. The minimum Gasteiger partial charge on any atom is -0.369 e. The van der Waals surface area contributed by atoms with Crippen LogP contribution in [0.3, 0.4) is 0 Å². The van der Waals surface area contributed by atoms with Gasteiger partial charge < -0.3 is 15.1 Å². The summed E-state index contributed by atoms with van der Waals surface area (Å²) < 4.78 is 13.3. The second kappa shape index (κ2) is 7.31. The lowest BCUT2D eigenvalue weighted by Gasteiger charge is -2.40. The van der Waals surface area contributed by atoms with Gasteiger partial charge in [-0.25, -0.2) is 4.39 Å². The fraction of sp³-hybridized carbons (Fsp3) is 0.409. The van der Waals surface area contributed by atoms with Crippen LogP contribution in [0.5, 0.6) is 0 Å².